The minimum absolute atomic E-state index is 0.0756. The molecule has 0 N–H and O–H groups in total. The highest BCUT2D eigenvalue weighted by molar-refractivity contribution is 5.97. The molecule has 0 aromatic carbocycles. The lowest BCUT2D eigenvalue weighted by Gasteiger charge is -2.22. The number of pyridine rings is 1. The molecule has 0 bridgehead atoms. The van der Waals surface area contributed by atoms with Gasteiger partial charge in [0.2, 0.25) is 0 Å². The van der Waals surface area contributed by atoms with Crippen LogP contribution in [0.1, 0.15) is 128 Å². The molecular formula is C29H47NO2. The van der Waals surface area contributed by atoms with Crippen LogP contribution in [0.4, 0.5) is 0 Å². The van der Waals surface area contributed by atoms with Crippen molar-refractivity contribution in [2.75, 3.05) is 0 Å². The lowest BCUT2D eigenvalue weighted by Crippen LogP contribution is -2.28. The standard InChI is InChI=1S/C29H47NO2/c1-3-5-7-9-11-12-14-16-18-25(17-15-13-10-8-6-4-2)24-30-28-21-20-27(31)23-26(28)19-22-29(30)32/h19-22,25H,3-18,23-24H2,1-2H3. The van der Waals surface area contributed by atoms with Crippen molar-refractivity contribution >= 4 is 11.9 Å². The number of nitrogens with zero attached hydrogens (tertiary/aromatic N) is 1. The van der Waals surface area contributed by atoms with Gasteiger partial charge in [0.05, 0.1) is 0 Å². The van der Waals surface area contributed by atoms with Crippen LogP contribution < -0.4 is 5.56 Å². The van der Waals surface area contributed by atoms with Crippen molar-refractivity contribution in [3.05, 3.63) is 39.8 Å². The molecular weight excluding hydrogens is 394 g/mol. The van der Waals surface area contributed by atoms with Gasteiger partial charge in [-0.25, -0.2) is 0 Å². The topological polar surface area (TPSA) is 39.1 Å². The molecule has 1 aliphatic rings. The summed E-state index contributed by atoms with van der Waals surface area (Å²) in [5, 5.41) is 0. The highest BCUT2D eigenvalue weighted by atomic mass is 16.1. The van der Waals surface area contributed by atoms with E-state index >= 15 is 0 Å². The highest BCUT2D eigenvalue weighted by Gasteiger charge is 2.18. The highest BCUT2D eigenvalue weighted by Crippen LogP contribution is 2.23. The number of fused-ring (bicyclic) bond motifs is 1. The normalized spacial score (nSPS) is 14.0. The van der Waals surface area contributed by atoms with E-state index in [1.165, 1.54) is 103 Å². The number of aromatic nitrogens is 1. The van der Waals surface area contributed by atoms with Gasteiger partial charge >= 0.3 is 0 Å². The Hall–Kier alpha value is -1.64. The third kappa shape index (κ3) is 9.88. The summed E-state index contributed by atoms with van der Waals surface area (Å²) in [4.78, 5) is 24.5. The van der Waals surface area contributed by atoms with Crippen molar-refractivity contribution in [2.24, 2.45) is 5.92 Å². The summed E-state index contributed by atoms with van der Waals surface area (Å²) in [5.41, 5.74) is 2.04. The van der Waals surface area contributed by atoms with Gasteiger partial charge in [0, 0.05) is 24.7 Å². The van der Waals surface area contributed by atoms with Crippen molar-refractivity contribution in [3.63, 3.8) is 0 Å². The van der Waals surface area contributed by atoms with E-state index in [-0.39, 0.29) is 11.3 Å². The fraction of sp³-hybridized carbons (Fsp3) is 0.724. The van der Waals surface area contributed by atoms with Crippen LogP contribution in [0.2, 0.25) is 0 Å². The number of carbonyl (C=O) groups excluding carboxylic acids is 1. The Bertz CT molecular complexity index is 746. The van der Waals surface area contributed by atoms with Gasteiger partial charge in [0.25, 0.3) is 5.56 Å². The predicted octanol–water partition coefficient (Wildman–Crippen LogP) is 7.88. The second-order valence-corrected chi connectivity index (χ2v) is 9.86. The molecule has 0 saturated carbocycles. The molecule has 0 aliphatic heterocycles. The molecule has 0 fully saturated rings. The van der Waals surface area contributed by atoms with E-state index in [0.717, 1.165) is 17.8 Å². The largest absolute Gasteiger partial charge is 0.308 e. The van der Waals surface area contributed by atoms with E-state index in [1.54, 1.807) is 12.1 Å². The Morgan fingerprint density at radius 1 is 0.719 bits per heavy atom. The van der Waals surface area contributed by atoms with Gasteiger partial charge < -0.3 is 4.57 Å². The van der Waals surface area contributed by atoms with Crippen LogP contribution in [0.25, 0.3) is 6.08 Å². The van der Waals surface area contributed by atoms with Crippen LogP contribution in [0, 0.1) is 5.92 Å². The van der Waals surface area contributed by atoms with E-state index in [1.807, 2.05) is 16.7 Å². The number of hydrogen-bond acceptors (Lipinski definition) is 2. The first-order chi connectivity index (χ1) is 15.7. The molecule has 0 radical (unpaired) electrons. The summed E-state index contributed by atoms with van der Waals surface area (Å²) in [5.74, 6) is 0.682. The first kappa shape index (κ1) is 26.6. The van der Waals surface area contributed by atoms with Gasteiger partial charge in [-0.05, 0) is 36.5 Å². The quantitative estimate of drug-likeness (QED) is 0.217. The summed E-state index contributed by atoms with van der Waals surface area (Å²) in [6.45, 7) is 5.33. The molecule has 1 aliphatic carbocycles. The molecule has 1 unspecified atom stereocenters. The van der Waals surface area contributed by atoms with Crippen molar-refractivity contribution in [1.29, 1.82) is 0 Å². The van der Waals surface area contributed by atoms with Crippen molar-refractivity contribution in [1.82, 2.24) is 4.57 Å². The summed E-state index contributed by atoms with van der Waals surface area (Å²) in [6, 6.07) is 3.50. The zero-order chi connectivity index (χ0) is 23.0. The summed E-state index contributed by atoms with van der Waals surface area (Å²) in [7, 11) is 0. The molecule has 1 aromatic heterocycles. The van der Waals surface area contributed by atoms with Gasteiger partial charge in [-0.1, -0.05) is 110 Å². The van der Waals surface area contributed by atoms with Crippen molar-refractivity contribution < 1.29 is 4.79 Å². The second kappa shape index (κ2) is 16.0. The fourth-order valence-electron chi connectivity index (χ4n) is 4.96. The number of hydrogen-bond donors (Lipinski definition) is 0. The van der Waals surface area contributed by atoms with E-state index in [0.29, 0.717) is 12.3 Å². The van der Waals surface area contributed by atoms with Crippen LogP contribution >= 0.6 is 0 Å². The zero-order valence-electron chi connectivity index (χ0n) is 20.9. The Morgan fingerprint density at radius 2 is 1.25 bits per heavy atom. The van der Waals surface area contributed by atoms with Gasteiger partial charge in [0.1, 0.15) is 0 Å². The lowest BCUT2D eigenvalue weighted by atomic mass is 9.93. The van der Waals surface area contributed by atoms with E-state index in [2.05, 4.69) is 13.8 Å². The number of allylic oxidation sites excluding steroid dienone is 1. The predicted molar refractivity (Wildman–Crippen MR) is 137 cm³/mol. The maximum Gasteiger partial charge on any atom is 0.250 e. The third-order valence-electron chi connectivity index (χ3n) is 6.98. The maximum atomic E-state index is 12.7. The first-order valence-corrected chi connectivity index (χ1v) is 13.6. The second-order valence-electron chi connectivity index (χ2n) is 9.86. The average Bonchev–Trinajstić information content (AvgIpc) is 2.79. The van der Waals surface area contributed by atoms with Gasteiger partial charge in [-0.2, -0.15) is 0 Å². The van der Waals surface area contributed by atoms with Gasteiger partial charge in [-0.3, -0.25) is 9.59 Å². The van der Waals surface area contributed by atoms with E-state index < -0.39 is 0 Å². The molecule has 1 aromatic rings. The van der Waals surface area contributed by atoms with Crippen LogP contribution in [0.15, 0.2) is 23.0 Å². The van der Waals surface area contributed by atoms with Crippen LogP contribution in [0.3, 0.4) is 0 Å². The van der Waals surface area contributed by atoms with Gasteiger partial charge in [0.15, 0.2) is 5.78 Å². The minimum Gasteiger partial charge on any atom is -0.308 e. The number of carbonyl (C=O) groups is 1. The summed E-state index contributed by atoms with van der Waals surface area (Å²) in [6.07, 6.45) is 25.0. The third-order valence-corrected chi connectivity index (χ3v) is 6.98. The molecule has 0 saturated heterocycles. The van der Waals surface area contributed by atoms with Crippen molar-refractivity contribution in [3.8, 4) is 0 Å². The smallest absolute Gasteiger partial charge is 0.250 e. The molecule has 1 heterocycles. The fourth-order valence-corrected chi connectivity index (χ4v) is 4.96. The minimum atomic E-state index is 0.0756. The Labute approximate surface area is 196 Å². The summed E-state index contributed by atoms with van der Waals surface area (Å²) < 4.78 is 1.95. The molecule has 3 heteroatoms. The SMILES string of the molecule is CCCCCCCCCCC(CCCCCCCC)Cn1c2c(ccc1=O)CC(=O)C=C2. The Kier molecular flexibility index (Phi) is 13.3. The molecule has 180 valence electrons. The molecule has 0 amide bonds. The molecule has 3 nitrogen and oxygen atoms in total. The number of ketones is 1. The van der Waals surface area contributed by atoms with Gasteiger partial charge in [-0.15, -0.1) is 0 Å². The first-order valence-electron chi connectivity index (χ1n) is 13.6. The van der Waals surface area contributed by atoms with Crippen LogP contribution in [0.5, 0.6) is 0 Å². The number of rotatable bonds is 18. The lowest BCUT2D eigenvalue weighted by molar-refractivity contribution is -0.114. The molecule has 32 heavy (non-hydrogen) atoms. The van der Waals surface area contributed by atoms with Crippen LogP contribution in [-0.4, -0.2) is 10.4 Å². The van der Waals surface area contributed by atoms with Crippen LogP contribution in [-0.2, 0) is 17.8 Å². The maximum absolute atomic E-state index is 12.7. The molecule has 2 rings (SSSR count). The zero-order valence-corrected chi connectivity index (χ0v) is 20.9. The monoisotopic (exact) mass is 441 g/mol. The molecule has 0 spiro atoms. The summed E-state index contributed by atoms with van der Waals surface area (Å²) >= 11 is 0. The Morgan fingerprint density at radius 3 is 1.81 bits per heavy atom. The van der Waals surface area contributed by atoms with E-state index in [9.17, 15) is 9.59 Å². The molecule has 1 atom stereocenters. The van der Waals surface area contributed by atoms with Crippen molar-refractivity contribution in [2.45, 2.75) is 130 Å². The van der Waals surface area contributed by atoms with E-state index in [4.69, 9.17) is 0 Å². The average molecular weight is 442 g/mol. The number of unbranched alkanes of at least 4 members (excludes halogenated alkanes) is 12. The Balaban J connectivity index is 1.90.